The molecule has 1 fully saturated rings. The van der Waals surface area contributed by atoms with Crippen molar-refractivity contribution in [3.05, 3.63) is 52.8 Å². The van der Waals surface area contributed by atoms with E-state index in [0.29, 0.717) is 58.1 Å². The van der Waals surface area contributed by atoms with Crippen LogP contribution in [-0.4, -0.2) is 88.1 Å². The van der Waals surface area contributed by atoms with E-state index in [-0.39, 0.29) is 25.6 Å². The second-order valence-electron chi connectivity index (χ2n) is 9.35. The van der Waals surface area contributed by atoms with E-state index in [1.807, 2.05) is 35.9 Å². The normalized spacial score (nSPS) is 16.8. The molecule has 208 valence electrons. The number of imidazole rings is 1. The number of aliphatic hydroxyl groups excluding tert-OH is 2. The second-order valence-corrected chi connectivity index (χ2v) is 12.3. The van der Waals surface area contributed by atoms with Gasteiger partial charge in [0.2, 0.25) is 10.0 Å². The van der Waals surface area contributed by atoms with E-state index in [4.69, 9.17) is 15.1 Å². The third-order valence-electron chi connectivity index (χ3n) is 6.79. The standard InChI is InChI=1S/C25H30FN7O4S2/c1-4-19-24(30(2)25-28-23(20(15-35)38-25)16-5-7-17(26)8-6-16)33-21(27-19)9-10-22(29-33)31-11-12-32(39(3,36)37)18(13-31)14-34/h5-10,18,34-35H,4,11-15H2,1-3H3/t18-/m0/s1. The van der Waals surface area contributed by atoms with Crippen LogP contribution in [0.4, 0.5) is 21.2 Å². The average molecular weight is 576 g/mol. The van der Waals surface area contributed by atoms with Gasteiger partial charge in [0, 0.05) is 32.2 Å². The number of hydrogen-bond donors (Lipinski definition) is 2. The Bertz CT molecular complexity index is 1590. The highest BCUT2D eigenvalue weighted by atomic mass is 32.2. The average Bonchev–Trinajstić information content (AvgIpc) is 3.53. The molecule has 1 saturated heterocycles. The van der Waals surface area contributed by atoms with Crippen LogP contribution in [0.1, 0.15) is 17.5 Å². The third-order valence-corrected chi connectivity index (χ3v) is 9.23. The predicted octanol–water partition coefficient (Wildman–Crippen LogP) is 2.26. The van der Waals surface area contributed by atoms with Crippen molar-refractivity contribution in [2.75, 3.05) is 49.3 Å². The molecule has 11 nitrogen and oxygen atoms in total. The van der Waals surface area contributed by atoms with Crippen LogP contribution in [0.15, 0.2) is 36.4 Å². The minimum Gasteiger partial charge on any atom is -0.395 e. The van der Waals surface area contributed by atoms with Crippen LogP contribution in [0.5, 0.6) is 0 Å². The summed E-state index contributed by atoms with van der Waals surface area (Å²) in [4.78, 5) is 14.0. The molecular weight excluding hydrogens is 545 g/mol. The minimum atomic E-state index is -3.44. The van der Waals surface area contributed by atoms with Crippen molar-refractivity contribution in [3.8, 4) is 11.3 Å². The van der Waals surface area contributed by atoms with Crippen LogP contribution in [-0.2, 0) is 23.1 Å². The van der Waals surface area contributed by atoms with Gasteiger partial charge in [-0.2, -0.15) is 8.82 Å². The molecule has 1 aromatic carbocycles. The molecule has 0 amide bonds. The largest absolute Gasteiger partial charge is 0.395 e. The monoisotopic (exact) mass is 575 g/mol. The first-order valence-electron chi connectivity index (χ1n) is 12.5. The molecule has 1 aliphatic heterocycles. The zero-order chi connectivity index (χ0) is 27.9. The summed E-state index contributed by atoms with van der Waals surface area (Å²) in [5.41, 5.74) is 2.74. The quantitative estimate of drug-likeness (QED) is 0.325. The molecular formula is C25H30FN7O4S2. The molecule has 1 aliphatic rings. The molecule has 5 rings (SSSR count). The van der Waals surface area contributed by atoms with E-state index in [1.165, 1.54) is 27.8 Å². The van der Waals surface area contributed by atoms with Crippen LogP contribution < -0.4 is 9.80 Å². The zero-order valence-corrected chi connectivity index (χ0v) is 23.5. The summed E-state index contributed by atoms with van der Waals surface area (Å²) in [5, 5.41) is 25.3. The van der Waals surface area contributed by atoms with Gasteiger partial charge in [-0.15, -0.1) is 5.10 Å². The Balaban J connectivity index is 1.52. The first-order chi connectivity index (χ1) is 18.6. The van der Waals surface area contributed by atoms with Crippen LogP contribution in [0.25, 0.3) is 16.9 Å². The second kappa shape index (κ2) is 10.8. The van der Waals surface area contributed by atoms with Gasteiger partial charge < -0.3 is 20.0 Å². The lowest BCUT2D eigenvalue weighted by Crippen LogP contribution is -2.56. The van der Waals surface area contributed by atoms with Crippen LogP contribution in [0, 0.1) is 5.82 Å². The van der Waals surface area contributed by atoms with Gasteiger partial charge >= 0.3 is 0 Å². The molecule has 0 radical (unpaired) electrons. The maximum absolute atomic E-state index is 13.5. The van der Waals surface area contributed by atoms with Crippen LogP contribution >= 0.6 is 11.3 Å². The number of aryl methyl sites for hydroxylation is 1. The highest BCUT2D eigenvalue weighted by Gasteiger charge is 2.33. The molecule has 4 heterocycles. The number of fused-ring (bicyclic) bond motifs is 1. The molecule has 1 atom stereocenters. The summed E-state index contributed by atoms with van der Waals surface area (Å²) in [5.74, 6) is 0.998. The van der Waals surface area contributed by atoms with E-state index < -0.39 is 16.1 Å². The van der Waals surface area contributed by atoms with Crippen LogP contribution in [0.2, 0.25) is 0 Å². The van der Waals surface area contributed by atoms with Crippen molar-refractivity contribution in [3.63, 3.8) is 0 Å². The smallest absolute Gasteiger partial charge is 0.211 e. The minimum absolute atomic E-state index is 0.208. The highest BCUT2D eigenvalue weighted by molar-refractivity contribution is 7.88. The van der Waals surface area contributed by atoms with Crippen molar-refractivity contribution in [1.82, 2.24) is 23.9 Å². The number of aromatic nitrogens is 4. The lowest BCUT2D eigenvalue weighted by atomic mass is 10.1. The fourth-order valence-corrected chi connectivity index (χ4v) is 6.84. The number of thiazole rings is 1. The summed E-state index contributed by atoms with van der Waals surface area (Å²) in [7, 11) is -1.58. The van der Waals surface area contributed by atoms with Gasteiger partial charge in [-0.05, 0) is 42.8 Å². The summed E-state index contributed by atoms with van der Waals surface area (Å²) >= 11 is 1.33. The third kappa shape index (κ3) is 5.22. The number of benzene rings is 1. The molecule has 0 saturated carbocycles. The van der Waals surface area contributed by atoms with Crippen molar-refractivity contribution in [1.29, 1.82) is 0 Å². The summed E-state index contributed by atoms with van der Waals surface area (Å²) in [6, 6.07) is 9.13. The first kappa shape index (κ1) is 27.4. The number of hydrogen-bond acceptors (Lipinski definition) is 10. The Kier molecular flexibility index (Phi) is 7.57. The lowest BCUT2D eigenvalue weighted by molar-refractivity contribution is 0.176. The Morgan fingerprint density at radius 2 is 1.87 bits per heavy atom. The molecule has 0 aliphatic carbocycles. The molecule has 3 aromatic heterocycles. The first-order valence-corrected chi connectivity index (χ1v) is 15.1. The molecule has 39 heavy (non-hydrogen) atoms. The maximum Gasteiger partial charge on any atom is 0.211 e. The number of piperazine rings is 1. The molecule has 0 bridgehead atoms. The molecule has 4 aromatic rings. The van der Waals surface area contributed by atoms with E-state index >= 15 is 0 Å². The Hall–Kier alpha value is -3.17. The van der Waals surface area contributed by atoms with Gasteiger partial charge in [0.05, 0.1) is 41.8 Å². The van der Waals surface area contributed by atoms with Crippen molar-refractivity contribution in [2.45, 2.75) is 26.0 Å². The van der Waals surface area contributed by atoms with E-state index in [1.54, 1.807) is 16.6 Å². The number of halogens is 1. The number of sulfonamides is 1. The summed E-state index contributed by atoms with van der Waals surface area (Å²) in [6.07, 6.45) is 1.79. The molecule has 0 spiro atoms. The molecule has 2 N–H and O–H groups in total. The topological polar surface area (TPSA) is 127 Å². The van der Waals surface area contributed by atoms with Gasteiger partial charge in [-0.25, -0.2) is 22.8 Å². The van der Waals surface area contributed by atoms with Crippen LogP contribution in [0.3, 0.4) is 0 Å². The number of anilines is 3. The van der Waals surface area contributed by atoms with Gasteiger partial charge in [0.1, 0.15) is 11.6 Å². The van der Waals surface area contributed by atoms with E-state index in [2.05, 4.69) is 0 Å². The number of rotatable bonds is 8. The van der Waals surface area contributed by atoms with Gasteiger partial charge in [-0.3, -0.25) is 0 Å². The van der Waals surface area contributed by atoms with Crippen molar-refractivity contribution < 1.29 is 23.0 Å². The zero-order valence-electron chi connectivity index (χ0n) is 21.8. The fraction of sp³-hybridized carbons (Fsp3) is 0.400. The SMILES string of the molecule is CCc1nc2ccc(N3CCN(S(C)(=O)=O)[C@H](CO)C3)nn2c1N(C)c1nc(-c2ccc(F)cc2)c(CO)s1. The fourth-order valence-electron chi connectivity index (χ4n) is 4.85. The number of nitrogens with zero attached hydrogens (tertiary/aromatic N) is 7. The van der Waals surface area contributed by atoms with E-state index in [9.17, 15) is 23.0 Å². The van der Waals surface area contributed by atoms with Crippen molar-refractivity contribution >= 4 is 43.8 Å². The number of aliphatic hydroxyl groups is 2. The van der Waals surface area contributed by atoms with Crippen molar-refractivity contribution in [2.24, 2.45) is 0 Å². The van der Waals surface area contributed by atoms with Gasteiger partial charge in [0.15, 0.2) is 16.6 Å². The highest BCUT2D eigenvalue weighted by Crippen LogP contribution is 2.37. The predicted molar refractivity (Wildman–Crippen MR) is 148 cm³/mol. The Morgan fingerprint density at radius 3 is 2.51 bits per heavy atom. The molecule has 0 unspecified atom stereocenters. The summed E-state index contributed by atoms with van der Waals surface area (Å²) < 4.78 is 40.8. The van der Waals surface area contributed by atoms with Gasteiger partial charge in [-0.1, -0.05) is 18.3 Å². The summed E-state index contributed by atoms with van der Waals surface area (Å²) in [6.45, 7) is 2.47. The Labute approximate surface area is 229 Å². The van der Waals surface area contributed by atoms with Gasteiger partial charge in [0.25, 0.3) is 0 Å². The Morgan fingerprint density at radius 1 is 1.13 bits per heavy atom. The van der Waals surface area contributed by atoms with E-state index in [0.717, 1.165) is 11.9 Å². The molecule has 14 heteroatoms. The lowest BCUT2D eigenvalue weighted by Gasteiger charge is -2.39. The maximum atomic E-state index is 13.5.